The van der Waals surface area contributed by atoms with Gasteiger partial charge in [-0.1, -0.05) is 11.6 Å². The Balaban J connectivity index is 2.14. The maximum Gasteiger partial charge on any atom is 0.155 e. The van der Waals surface area contributed by atoms with Crippen molar-refractivity contribution < 1.29 is 0 Å². The molecule has 2 rings (SSSR count). The van der Waals surface area contributed by atoms with Crippen LogP contribution >= 0.6 is 11.6 Å². The molecule has 0 spiro atoms. The minimum Gasteiger partial charge on any atom is -0.363 e. The Labute approximate surface area is 111 Å². The molecule has 0 aliphatic rings. The van der Waals surface area contributed by atoms with Crippen LogP contribution in [-0.4, -0.2) is 20.2 Å². The van der Waals surface area contributed by atoms with Gasteiger partial charge in [-0.25, -0.2) is 9.97 Å². The molecule has 2 heterocycles. The van der Waals surface area contributed by atoms with E-state index < -0.39 is 0 Å². The molecule has 0 bridgehead atoms. The van der Waals surface area contributed by atoms with Crippen LogP contribution in [0.4, 0.5) is 5.82 Å². The van der Waals surface area contributed by atoms with E-state index in [9.17, 15) is 0 Å². The zero-order valence-electron chi connectivity index (χ0n) is 10.5. The summed E-state index contributed by atoms with van der Waals surface area (Å²) in [6.07, 6.45) is 1.74. The van der Waals surface area contributed by atoms with Crippen LogP contribution in [-0.2, 0) is 6.54 Å². The lowest BCUT2D eigenvalue weighted by Crippen LogP contribution is -2.07. The molecular weight excluding hydrogens is 250 g/mol. The summed E-state index contributed by atoms with van der Waals surface area (Å²) >= 11 is 5.90. The molecule has 0 saturated heterocycles. The molecule has 0 saturated carbocycles. The summed E-state index contributed by atoms with van der Waals surface area (Å²) in [6, 6.07) is 1.87. The van der Waals surface area contributed by atoms with Crippen LogP contribution < -0.4 is 5.32 Å². The van der Waals surface area contributed by atoms with Crippen molar-refractivity contribution in [1.82, 2.24) is 20.2 Å². The van der Waals surface area contributed by atoms with Crippen LogP contribution in [0.15, 0.2) is 12.3 Å². The monoisotopic (exact) mass is 263 g/mol. The average molecular weight is 264 g/mol. The van der Waals surface area contributed by atoms with E-state index in [0.717, 1.165) is 28.5 Å². The Kier molecular flexibility index (Phi) is 3.72. The van der Waals surface area contributed by atoms with E-state index >= 15 is 0 Å². The molecule has 0 aliphatic carbocycles. The highest BCUT2D eigenvalue weighted by molar-refractivity contribution is 6.30. The number of aryl methyl sites for hydroxylation is 1. The van der Waals surface area contributed by atoms with Gasteiger partial charge in [0.25, 0.3) is 0 Å². The van der Waals surface area contributed by atoms with E-state index in [1.165, 1.54) is 0 Å². The van der Waals surface area contributed by atoms with E-state index in [-0.39, 0.29) is 0 Å². The summed E-state index contributed by atoms with van der Waals surface area (Å²) in [5.74, 6) is 1.48. The average Bonchev–Trinajstić information content (AvgIpc) is 2.35. The third kappa shape index (κ3) is 2.73. The standard InChI is InChI=1S/C12H14ClN5/c1-7-8(2)12(18-17-11(7)13)15-6-10-4-5-14-9(3)16-10/h4-5H,6H2,1-3H3,(H,15,18). The van der Waals surface area contributed by atoms with Crippen molar-refractivity contribution in [2.24, 2.45) is 0 Å². The number of aromatic nitrogens is 4. The van der Waals surface area contributed by atoms with Gasteiger partial charge in [0.2, 0.25) is 0 Å². The van der Waals surface area contributed by atoms with Crippen molar-refractivity contribution in [2.75, 3.05) is 5.32 Å². The minimum absolute atomic E-state index is 0.441. The lowest BCUT2D eigenvalue weighted by atomic mass is 10.2. The first kappa shape index (κ1) is 12.7. The molecule has 1 N–H and O–H groups in total. The predicted molar refractivity (Wildman–Crippen MR) is 70.6 cm³/mol. The number of rotatable bonds is 3. The number of nitrogens with one attached hydrogen (secondary N) is 1. The fourth-order valence-corrected chi connectivity index (χ4v) is 1.70. The molecule has 0 atom stereocenters. The van der Waals surface area contributed by atoms with Crippen molar-refractivity contribution in [3.63, 3.8) is 0 Å². The van der Waals surface area contributed by atoms with Gasteiger partial charge >= 0.3 is 0 Å². The van der Waals surface area contributed by atoms with Crippen LogP contribution in [0, 0.1) is 20.8 Å². The second kappa shape index (κ2) is 5.27. The lowest BCUT2D eigenvalue weighted by molar-refractivity contribution is 0.926. The third-order valence-electron chi connectivity index (χ3n) is 2.74. The SMILES string of the molecule is Cc1nccc(CNc2nnc(Cl)c(C)c2C)n1. The highest BCUT2D eigenvalue weighted by Gasteiger charge is 2.07. The Morgan fingerprint density at radius 1 is 1.17 bits per heavy atom. The molecular formula is C12H14ClN5. The summed E-state index contributed by atoms with van der Waals surface area (Å²) in [5, 5.41) is 11.6. The van der Waals surface area contributed by atoms with Gasteiger partial charge in [-0.2, -0.15) is 0 Å². The van der Waals surface area contributed by atoms with E-state index in [1.807, 2.05) is 26.8 Å². The molecule has 5 nitrogen and oxygen atoms in total. The second-order valence-corrected chi connectivity index (χ2v) is 4.40. The molecule has 0 aromatic carbocycles. The van der Waals surface area contributed by atoms with Crippen LogP contribution in [0.2, 0.25) is 5.15 Å². The van der Waals surface area contributed by atoms with E-state index in [4.69, 9.17) is 11.6 Å². The van der Waals surface area contributed by atoms with Crippen LogP contribution in [0.5, 0.6) is 0 Å². The Hall–Kier alpha value is -1.75. The summed E-state index contributed by atoms with van der Waals surface area (Å²) in [5.41, 5.74) is 2.85. The normalized spacial score (nSPS) is 10.4. The van der Waals surface area contributed by atoms with Crippen LogP contribution in [0.3, 0.4) is 0 Å². The lowest BCUT2D eigenvalue weighted by Gasteiger charge is -2.10. The summed E-state index contributed by atoms with van der Waals surface area (Å²) < 4.78 is 0. The van der Waals surface area contributed by atoms with Crippen molar-refractivity contribution >= 4 is 17.4 Å². The number of hydrogen-bond donors (Lipinski definition) is 1. The smallest absolute Gasteiger partial charge is 0.155 e. The number of halogens is 1. The fourth-order valence-electron chi connectivity index (χ4n) is 1.52. The Bertz CT molecular complexity index is 570. The van der Waals surface area contributed by atoms with E-state index in [0.29, 0.717) is 11.7 Å². The van der Waals surface area contributed by atoms with Gasteiger partial charge in [0.15, 0.2) is 11.0 Å². The van der Waals surface area contributed by atoms with Gasteiger partial charge < -0.3 is 5.32 Å². The largest absolute Gasteiger partial charge is 0.363 e. The highest BCUT2D eigenvalue weighted by Crippen LogP contribution is 2.20. The first-order chi connectivity index (χ1) is 8.58. The molecule has 18 heavy (non-hydrogen) atoms. The molecule has 0 unspecified atom stereocenters. The van der Waals surface area contributed by atoms with Gasteiger partial charge in [0.1, 0.15) is 5.82 Å². The molecule has 0 radical (unpaired) electrons. The summed E-state index contributed by atoms with van der Waals surface area (Å²) in [4.78, 5) is 8.36. The third-order valence-corrected chi connectivity index (χ3v) is 3.09. The van der Waals surface area contributed by atoms with Crippen molar-refractivity contribution in [3.8, 4) is 0 Å². The quantitative estimate of drug-likeness (QED) is 0.922. The van der Waals surface area contributed by atoms with Gasteiger partial charge in [0, 0.05) is 6.20 Å². The number of nitrogens with zero attached hydrogens (tertiary/aromatic N) is 4. The molecule has 0 fully saturated rings. The maximum absolute atomic E-state index is 5.90. The van der Waals surface area contributed by atoms with Gasteiger partial charge in [0.05, 0.1) is 12.2 Å². The van der Waals surface area contributed by atoms with Crippen molar-refractivity contribution in [1.29, 1.82) is 0 Å². The first-order valence-electron chi connectivity index (χ1n) is 5.59. The zero-order valence-corrected chi connectivity index (χ0v) is 11.3. The Morgan fingerprint density at radius 3 is 2.67 bits per heavy atom. The van der Waals surface area contributed by atoms with Crippen molar-refractivity contribution in [3.05, 3.63) is 40.1 Å². The summed E-state index contributed by atoms with van der Waals surface area (Å²) in [6.45, 7) is 6.33. The molecule has 0 amide bonds. The first-order valence-corrected chi connectivity index (χ1v) is 5.97. The van der Waals surface area contributed by atoms with E-state index in [1.54, 1.807) is 6.20 Å². The topological polar surface area (TPSA) is 63.6 Å². The zero-order chi connectivity index (χ0) is 13.1. The molecule has 0 aliphatic heterocycles. The predicted octanol–water partition coefficient (Wildman–Crippen LogP) is 2.46. The fraction of sp³-hybridized carbons (Fsp3) is 0.333. The van der Waals surface area contributed by atoms with Gasteiger partial charge in [-0.15, -0.1) is 10.2 Å². The summed E-state index contributed by atoms with van der Waals surface area (Å²) in [7, 11) is 0. The van der Waals surface area contributed by atoms with E-state index in [2.05, 4.69) is 25.5 Å². The maximum atomic E-state index is 5.90. The van der Waals surface area contributed by atoms with Gasteiger partial charge in [-0.3, -0.25) is 0 Å². The second-order valence-electron chi connectivity index (χ2n) is 4.04. The highest BCUT2D eigenvalue weighted by atomic mass is 35.5. The molecule has 94 valence electrons. The molecule has 2 aromatic rings. The number of hydrogen-bond acceptors (Lipinski definition) is 5. The molecule has 2 aromatic heterocycles. The Morgan fingerprint density at radius 2 is 1.94 bits per heavy atom. The minimum atomic E-state index is 0.441. The van der Waals surface area contributed by atoms with Crippen LogP contribution in [0.1, 0.15) is 22.6 Å². The van der Waals surface area contributed by atoms with Gasteiger partial charge in [-0.05, 0) is 38.0 Å². The van der Waals surface area contributed by atoms with Crippen molar-refractivity contribution in [2.45, 2.75) is 27.3 Å². The number of anilines is 1. The molecule has 6 heteroatoms. The van der Waals surface area contributed by atoms with Crippen LogP contribution in [0.25, 0.3) is 0 Å².